The quantitative estimate of drug-likeness (QED) is 0.316. The van der Waals surface area contributed by atoms with E-state index >= 15 is 0 Å². The van der Waals surface area contributed by atoms with Crippen LogP contribution in [0, 0.1) is 0 Å². The highest BCUT2D eigenvalue weighted by atomic mass is 16.7. The van der Waals surface area contributed by atoms with Gasteiger partial charge in [0, 0.05) is 6.61 Å². The van der Waals surface area contributed by atoms with E-state index in [0.29, 0.717) is 32.9 Å². The molecule has 0 amide bonds. The third kappa shape index (κ3) is 44.9. The van der Waals surface area contributed by atoms with E-state index in [1.165, 1.54) is 0 Å². The van der Waals surface area contributed by atoms with Crippen molar-refractivity contribution >= 4 is 0 Å². The van der Waals surface area contributed by atoms with Crippen molar-refractivity contribution < 1.29 is 28.4 Å². The van der Waals surface area contributed by atoms with E-state index in [-0.39, 0.29) is 23.9 Å². The Labute approximate surface area is 175 Å². The smallest absolute Gasteiger partial charge is 0.147 e. The van der Waals surface area contributed by atoms with Crippen molar-refractivity contribution in [2.45, 2.75) is 113 Å². The van der Waals surface area contributed by atoms with E-state index in [9.17, 15) is 0 Å². The third-order valence-electron chi connectivity index (χ3n) is 2.58. The summed E-state index contributed by atoms with van der Waals surface area (Å²) in [6, 6.07) is 0. The van der Waals surface area contributed by atoms with E-state index < -0.39 is 0 Å². The summed E-state index contributed by atoms with van der Waals surface area (Å²) in [6.45, 7) is 27.0. The van der Waals surface area contributed by atoms with Crippen molar-refractivity contribution in [1.29, 1.82) is 0 Å². The highest BCUT2D eigenvalue weighted by Gasteiger charge is 2.09. The minimum absolute atomic E-state index is 0.0884. The molecule has 0 N–H and O–H groups in total. The fraction of sp³-hybridized carbons (Fsp3) is 1.00. The van der Waals surface area contributed by atoms with Crippen molar-refractivity contribution in [3.05, 3.63) is 0 Å². The van der Waals surface area contributed by atoms with Crippen LogP contribution in [0.25, 0.3) is 0 Å². The molecule has 6 heteroatoms. The molecule has 0 aliphatic carbocycles. The summed E-state index contributed by atoms with van der Waals surface area (Å²) in [5.41, 5.74) is -0.0884. The summed E-state index contributed by atoms with van der Waals surface area (Å²) in [4.78, 5) is 0. The Balaban J connectivity index is -0.000000336. The zero-order valence-electron chi connectivity index (χ0n) is 20.8. The Hall–Kier alpha value is -0.240. The van der Waals surface area contributed by atoms with Crippen LogP contribution in [0.2, 0.25) is 0 Å². The van der Waals surface area contributed by atoms with E-state index in [2.05, 4.69) is 0 Å². The molecule has 0 bridgehead atoms. The van der Waals surface area contributed by atoms with Gasteiger partial charge >= 0.3 is 0 Å². The second-order valence-electron chi connectivity index (χ2n) is 8.26. The summed E-state index contributed by atoms with van der Waals surface area (Å²) < 4.78 is 31.1. The van der Waals surface area contributed by atoms with Crippen LogP contribution in [-0.2, 0) is 28.4 Å². The maximum Gasteiger partial charge on any atom is 0.147 e. The van der Waals surface area contributed by atoms with Gasteiger partial charge in [-0.25, -0.2) is 0 Å². The second-order valence-corrected chi connectivity index (χ2v) is 8.26. The largest absolute Gasteiger partial charge is 0.379 e. The van der Waals surface area contributed by atoms with Gasteiger partial charge in [0.1, 0.15) is 13.6 Å². The lowest BCUT2D eigenvalue weighted by molar-refractivity contribution is -0.135. The summed E-state index contributed by atoms with van der Waals surface area (Å²) in [6.07, 6.45) is 1.11. The molecular weight excluding hydrogens is 360 g/mol. The molecule has 0 aromatic carbocycles. The molecule has 0 saturated heterocycles. The van der Waals surface area contributed by atoms with Crippen molar-refractivity contribution in [3.63, 3.8) is 0 Å². The average molecular weight is 411 g/mol. The Morgan fingerprint density at radius 2 is 0.964 bits per heavy atom. The molecule has 0 rings (SSSR count). The Morgan fingerprint density at radius 1 is 0.571 bits per heavy atom. The predicted molar refractivity (Wildman–Crippen MR) is 117 cm³/mol. The number of ether oxygens (including phenoxy) is 6. The second kappa shape index (κ2) is 21.5. The summed E-state index contributed by atoms with van der Waals surface area (Å²) in [7, 11) is 0. The van der Waals surface area contributed by atoms with Gasteiger partial charge in [0.05, 0.1) is 43.2 Å². The molecule has 0 atom stereocenters. The first-order valence-electron chi connectivity index (χ1n) is 10.5. The zero-order valence-corrected chi connectivity index (χ0v) is 20.8. The molecule has 6 nitrogen and oxygen atoms in total. The van der Waals surface area contributed by atoms with Crippen molar-refractivity contribution in [1.82, 2.24) is 0 Å². The Morgan fingerprint density at radius 3 is 1.29 bits per heavy atom. The molecule has 0 aliphatic heterocycles. The lowest BCUT2D eigenvalue weighted by atomic mass is 10.2. The standard InChI is InChI=1S/C8H18O2.2C7H16O2/c1-7(2)9-6-10-8(3,4)5;1-6(2)8-5-9-7(3)4;1-4-8-5-6-9-7(2)3/h7H,6H2,1-5H3;6-7H,5H2,1-4H3;7H,4-6H2,1-3H3. The van der Waals surface area contributed by atoms with Crippen LogP contribution in [-0.4, -0.2) is 63.4 Å². The van der Waals surface area contributed by atoms with Crippen LogP contribution in [0.3, 0.4) is 0 Å². The molecule has 0 spiro atoms. The SMILES string of the molecule is CC(C)OCOC(C)(C)C.CC(C)OCOC(C)C.CCOCCOC(C)C. The van der Waals surface area contributed by atoms with Gasteiger partial charge in [0.2, 0.25) is 0 Å². The van der Waals surface area contributed by atoms with Crippen LogP contribution in [0.4, 0.5) is 0 Å². The fourth-order valence-corrected chi connectivity index (χ4v) is 1.15. The van der Waals surface area contributed by atoms with Gasteiger partial charge in [-0.3, -0.25) is 0 Å². The van der Waals surface area contributed by atoms with Crippen LogP contribution in [0.5, 0.6) is 0 Å². The summed E-state index contributed by atoms with van der Waals surface area (Å²) in [5, 5.41) is 0. The lowest BCUT2D eigenvalue weighted by Crippen LogP contribution is -2.22. The summed E-state index contributed by atoms with van der Waals surface area (Å²) in [5.74, 6) is 0. The molecule has 0 saturated carbocycles. The van der Waals surface area contributed by atoms with Crippen LogP contribution >= 0.6 is 0 Å². The normalized spacial score (nSPS) is 11.6. The van der Waals surface area contributed by atoms with E-state index in [0.717, 1.165) is 6.61 Å². The van der Waals surface area contributed by atoms with E-state index in [1.54, 1.807) is 0 Å². The molecular formula is C22H50O6. The van der Waals surface area contributed by atoms with Crippen LogP contribution in [0.15, 0.2) is 0 Å². The third-order valence-corrected chi connectivity index (χ3v) is 2.58. The number of rotatable bonds is 12. The Bertz CT molecular complexity index is 277. The molecule has 0 fully saturated rings. The fourth-order valence-electron chi connectivity index (χ4n) is 1.15. The topological polar surface area (TPSA) is 55.4 Å². The van der Waals surface area contributed by atoms with Gasteiger partial charge in [-0.1, -0.05) is 0 Å². The minimum atomic E-state index is -0.0884. The molecule has 0 aliphatic rings. The maximum absolute atomic E-state index is 5.32. The predicted octanol–water partition coefficient (Wildman–Crippen LogP) is 5.43. The van der Waals surface area contributed by atoms with Crippen LogP contribution < -0.4 is 0 Å². The van der Waals surface area contributed by atoms with Gasteiger partial charge in [-0.15, -0.1) is 0 Å². The number of hydrogen-bond donors (Lipinski definition) is 0. The lowest BCUT2D eigenvalue weighted by Gasteiger charge is -2.20. The first-order valence-corrected chi connectivity index (χ1v) is 10.5. The molecule has 0 aromatic heterocycles. The van der Waals surface area contributed by atoms with Gasteiger partial charge in [-0.2, -0.15) is 0 Å². The Kier molecular flexibility index (Phi) is 24.9. The molecule has 0 radical (unpaired) electrons. The van der Waals surface area contributed by atoms with Crippen LogP contribution in [0.1, 0.15) is 83.1 Å². The molecule has 0 aromatic rings. The highest BCUT2D eigenvalue weighted by Crippen LogP contribution is 2.06. The monoisotopic (exact) mass is 410 g/mol. The van der Waals surface area contributed by atoms with Crippen molar-refractivity contribution in [3.8, 4) is 0 Å². The van der Waals surface area contributed by atoms with Crippen molar-refractivity contribution in [2.75, 3.05) is 33.4 Å². The van der Waals surface area contributed by atoms with Gasteiger partial charge in [0.25, 0.3) is 0 Å². The van der Waals surface area contributed by atoms with E-state index in [4.69, 9.17) is 28.4 Å². The number of hydrogen-bond acceptors (Lipinski definition) is 6. The molecule has 28 heavy (non-hydrogen) atoms. The zero-order chi connectivity index (χ0) is 22.6. The van der Waals surface area contributed by atoms with E-state index in [1.807, 2.05) is 83.1 Å². The van der Waals surface area contributed by atoms with Crippen molar-refractivity contribution in [2.24, 2.45) is 0 Å². The minimum Gasteiger partial charge on any atom is -0.379 e. The van der Waals surface area contributed by atoms with Gasteiger partial charge in [0.15, 0.2) is 0 Å². The summed E-state index contributed by atoms with van der Waals surface area (Å²) >= 11 is 0. The average Bonchev–Trinajstić information content (AvgIpc) is 2.50. The molecule has 174 valence electrons. The van der Waals surface area contributed by atoms with Gasteiger partial charge < -0.3 is 28.4 Å². The highest BCUT2D eigenvalue weighted by molar-refractivity contribution is 4.56. The first-order chi connectivity index (χ1) is 12.8. The molecule has 0 heterocycles. The first kappa shape index (κ1) is 32.4. The molecule has 0 unspecified atom stereocenters. The van der Waals surface area contributed by atoms with Gasteiger partial charge in [-0.05, 0) is 83.1 Å². The maximum atomic E-state index is 5.32.